The number of hydrogen-bond donors (Lipinski definition) is 3. The van der Waals surface area contributed by atoms with E-state index in [0.29, 0.717) is 6.54 Å². The Morgan fingerprint density at radius 1 is 1.04 bits per heavy atom. The molecule has 0 unspecified atom stereocenters. The van der Waals surface area contributed by atoms with Gasteiger partial charge in [0, 0.05) is 12.2 Å². The highest BCUT2D eigenvalue weighted by atomic mass is 15.3. The first-order valence-corrected chi connectivity index (χ1v) is 8.33. The van der Waals surface area contributed by atoms with Crippen LogP contribution in [0.3, 0.4) is 0 Å². The number of anilines is 2. The van der Waals surface area contributed by atoms with Crippen molar-refractivity contribution in [2.75, 3.05) is 18.0 Å². The number of unbranched alkanes of at least 4 members (excludes halogenated alkanes) is 2. The molecular weight excluding hydrogens is 286 g/mol. The molecule has 0 saturated heterocycles. The Kier molecular flexibility index (Phi) is 8.19. The minimum absolute atomic E-state index is 0.599. The third-order valence-electron chi connectivity index (χ3n) is 3.83. The predicted octanol–water partition coefficient (Wildman–Crippen LogP) is 3.04. The monoisotopic (exact) mass is 317 g/mol. The van der Waals surface area contributed by atoms with Gasteiger partial charge in [-0.1, -0.05) is 31.9 Å². The molecule has 1 aromatic carbocycles. The first-order valence-electron chi connectivity index (χ1n) is 8.33. The average Bonchev–Trinajstić information content (AvgIpc) is 2.78. The van der Waals surface area contributed by atoms with Crippen molar-refractivity contribution in [2.45, 2.75) is 53.0 Å². The Labute approximate surface area is 139 Å². The standard InChI is InChI=1S/C11H17N.C7H14N4/c1-2-3-4-5-10-6-8-11(12)9-7-10;1-5-7(9)6(2)11(10-5)4-3-8/h6-9H,2-5,12H2,1H3;3-4,8-9H2,1-2H3. The van der Waals surface area contributed by atoms with Crippen LogP contribution in [0.5, 0.6) is 0 Å². The maximum absolute atomic E-state index is 5.71. The predicted molar refractivity (Wildman–Crippen MR) is 99.3 cm³/mol. The molecule has 1 heterocycles. The average molecular weight is 317 g/mol. The van der Waals surface area contributed by atoms with Crippen LogP contribution in [0.4, 0.5) is 11.4 Å². The topological polar surface area (TPSA) is 95.9 Å². The summed E-state index contributed by atoms with van der Waals surface area (Å²) in [6, 6.07) is 8.18. The Balaban J connectivity index is 0.000000231. The smallest absolute Gasteiger partial charge is 0.0825 e. The number of nitrogens with two attached hydrogens (primary N) is 3. The highest BCUT2D eigenvalue weighted by molar-refractivity contribution is 5.46. The number of benzene rings is 1. The zero-order chi connectivity index (χ0) is 17.2. The summed E-state index contributed by atoms with van der Waals surface area (Å²) in [5.74, 6) is 0. The van der Waals surface area contributed by atoms with Crippen LogP contribution < -0.4 is 17.2 Å². The Bertz CT molecular complexity index is 572. The van der Waals surface area contributed by atoms with Crippen LogP contribution in [0.25, 0.3) is 0 Å². The third kappa shape index (κ3) is 6.32. The number of rotatable bonds is 6. The molecule has 0 radical (unpaired) electrons. The maximum atomic E-state index is 5.71. The van der Waals surface area contributed by atoms with Gasteiger partial charge < -0.3 is 17.2 Å². The lowest BCUT2D eigenvalue weighted by Gasteiger charge is -2.00. The van der Waals surface area contributed by atoms with Gasteiger partial charge in [-0.3, -0.25) is 4.68 Å². The lowest BCUT2D eigenvalue weighted by molar-refractivity contribution is 0.604. The van der Waals surface area contributed by atoms with E-state index in [9.17, 15) is 0 Å². The molecule has 5 nitrogen and oxygen atoms in total. The van der Waals surface area contributed by atoms with E-state index >= 15 is 0 Å². The number of aromatic nitrogens is 2. The number of aryl methyl sites for hydroxylation is 2. The van der Waals surface area contributed by atoms with Gasteiger partial charge in [0.05, 0.1) is 23.6 Å². The van der Waals surface area contributed by atoms with Crippen molar-refractivity contribution in [2.24, 2.45) is 5.73 Å². The Morgan fingerprint density at radius 3 is 2.17 bits per heavy atom. The summed E-state index contributed by atoms with van der Waals surface area (Å²) in [6.45, 7) is 7.41. The lowest BCUT2D eigenvalue weighted by atomic mass is 10.1. The first kappa shape index (κ1) is 19.0. The van der Waals surface area contributed by atoms with Crippen molar-refractivity contribution in [1.82, 2.24) is 9.78 Å². The van der Waals surface area contributed by atoms with Gasteiger partial charge in [-0.05, 0) is 44.4 Å². The molecule has 5 heteroatoms. The molecule has 6 N–H and O–H groups in total. The van der Waals surface area contributed by atoms with E-state index in [1.807, 2.05) is 30.7 Å². The summed E-state index contributed by atoms with van der Waals surface area (Å²) in [6.07, 6.45) is 5.09. The summed E-state index contributed by atoms with van der Waals surface area (Å²) in [4.78, 5) is 0. The second-order valence-corrected chi connectivity index (χ2v) is 5.80. The minimum atomic E-state index is 0.599. The summed E-state index contributed by atoms with van der Waals surface area (Å²) < 4.78 is 1.84. The second-order valence-electron chi connectivity index (χ2n) is 5.80. The summed E-state index contributed by atoms with van der Waals surface area (Å²) in [5.41, 5.74) is 21.6. The van der Waals surface area contributed by atoms with E-state index in [-0.39, 0.29) is 0 Å². The molecule has 23 heavy (non-hydrogen) atoms. The molecule has 0 spiro atoms. The third-order valence-corrected chi connectivity index (χ3v) is 3.83. The zero-order valence-electron chi connectivity index (χ0n) is 14.7. The van der Waals surface area contributed by atoms with Crippen LogP contribution in [-0.2, 0) is 13.0 Å². The Morgan fingerprint density at radius 2 is 1.70 bits per heavy atom. The molecular formula is C18H31N5. The fourth-order valence-corrected chi connectivity index (χ4v) is 2.31. The van der Waals surface area contributed by atoms with Crippen molar-refractivity contribution in [3.63, 3.8) is 0 Å². The summed E-state index contributed by atoms with van der Waals surface area (Å²) in [5, 5.41) is 4.21. The fourth-order valence-electron chi connectivity index (χ4n) is 2.31. The van der Waals surface area contributed by atoms with Gasteiger partial charge in [0.1, 0.15) is 0 Å². The second kappa shape index (κ2) is 9.90. The van der Waals surface area contributed by atoms with Gasteiger partial charge in [0.2, 0.25) is 0 Å². The van der Waals surface area contributed by atoms with E-state index in [0.717, 1.165) is 29.3 Å². The molecule has 0 atom stereocenters. The zero-order valence-corrected chi connectivity index (χ0v) is 14.7. The first-order chi connectivity index (χ1) is 11.0. The molecule has 0 fully saturated rings. The van der Waals surface area contributed by atoms with Crippen molar-refractivity contribution in [3.05, 3.63) is 41.2 Å². The van der Waals surface area contributed by atoms with E-state index in [2.05, 4.69) is 24.2 Å². The highest BCUT2D eigenvalue weighted by Crippen LogP contribution is 2.13. The molecule has 128 valence electrons. The normalized spacial score (nSPS) is 10.3. The van der Waals surface area contributed by atoms with Crippen molar-refractivity contribution in [3.8, 4) is 0 Å². The maximum Gasteiger partial charge on any atom is 0.0825 e. The summed E-state index contributed by atoms with van der Waals surface area (Å²) in [7, 11) is 0. The fraction of sp³-hybridized carbons (Fsp3) is 0.500. The van der Waals surface area contributed by atoms with E-state index in [1.165, 1.54) is 31.2 Å². The van der Waals surface area contributed by atoms with Crippen LogP contribution >= 0.6 is 0 Å². The van der Waals surface area contributed by atoms with Crippen LogP contribution in [0.15, 0.2) is 24.3 Å². The van der Waals surface area contributed by atoms with Gasteiger partial charge in [0.25, 0.3) is 0 Å². The molecule has 2 rings (SSSR count). The van der Waals surface area contributed by atoms with E-state index in [4.69, 9.17) is 17.2 Å². The van der Waals surface area contributed by atoms with Crippen LogP contribution in [0.2, 0.25) is 0 Å². The lowest BCUT2D eigenvalue weighted by Crippen LogP contribution is -2.12. The number of hydrogen-bond acceptors (Lipinski definition) is 4. The molecule has 0 aliphatic rings. The SMILES string of the molecule is CCCCCc1ccc(N)cc1.Cc1nn(CCN)c(C)c1N. The van der Waals surface area contributed by atoms with Crippen LogP contribution in [0, 0.1) is 13.8 Å². The molecule has 2 aromatic rings. The van der Waals surface area contributed by atoms with Crippen molar-refractivity contribution in [1.29, 1.82) is 0 Å². The Hall–Kier alpha value is -2.01. The molecule has 1 aromatic heterocycles. The van der Waals surface area contributed by atoms with Gasteiger partial charge in [0.15, 0.2) is 0 Å². The van der Waals surface area contributed by atoms with E-state index in [1.54, 1.807) is 0 Å². The molecule has 0 bridgehead atoms. The minimum Gasteiger partial charge on any atom is -0.399 e. The molecule has 0 aliphatic heterocycles. The largest absolute Gasteiger partial charge is 0.399 e. The van der Waals surface area contributed by atoms with Crippen LogP contribution in [-0.4, -0.2) is 16.3 Å². The quantitative estimate of drug-likeness (QED) is 0.563. The summed E-state index contributed by atoms with van der Waals surface area (Å²) >= 11 is 0. The van der Waals surface area contributed by atoms with Gasteiger partial charge in [-0.2, -0.15) is 5.10 Å². The van der Waals surface area contributed by atoms with Gasteiger partial charge >= 0.3 is 0 Å². The molecule has 0 saturated carbocycles. The number of nitrogen functional groups attached to an aromatic ring is 2. The number of nitrogens with zero attached hydrogens (tertiary/aromatic N) is 2. The van der Waals surface area contributed by atoms with Gasteiger partial charge in [-0.25, -0.2) is 0 Å². The van der Waals surface area contributed by atoms with Gasteiger partial charge in [-0.15, -0.1) is 0 Å². The van der Waals surface area contributed by atoms with Crippen LogP contribution in [0.1, 0.15) is 43.1 Å². The van der Waals surface area contributed by atoms with Crippen molar-refractivity contribution < 1.29 is 0 Å². The van der Waals surface area contributed by atoms with Crippen molar-refractivity contribution >= 4 is 11.4 Å². The molecule has 0 amide bonds. The molecule has 0 aliphatic carbocycles. The highest BCUT2D eigenvalue weighted by Gasteiger charge is 2.05. The van der Waals surface area contributed by atoms with E-state index < -0.39 is 0 Å².